The zero-order valence-corrected chi connectivity index (χ0v) is 20.0. The lowest BCUT2D eigenvalue weighted by Gasteiger charge is -2.39. The summed E-state index contributed by atoms with van der Waals surface area (Å²) >= 11 is 0. The molecule has 0 saturated heterocycles. The van der Waals surface area contributed by atoms with Crippen molar-refractivity contribution >= 4 is 12.1 Å². The number of benzene rings is 2. The Balaban J connectivity index is 1.24. The topological polar surface area (TPSA) is 99.9 Å². The average Bonchev–Trinajstić information content (AvgIpc) is 3.21. The summed E-state index contributed by atoms with van der Waals surface area (Å²) in [6, 6.07) is 17.0. The van der Waals surface area contributed by atoms with E-state index in [9.17, 15) is 9.59 Å². The standard InChI is InChI=1S/C27H30N2O6/c1-3-32-25(30)27(14-8-15-27)35-22-12-7-9-20(17-22)18-28-26(31)33-16-13-23-19(2)34-24(29-23)21-10-5-4-6-11-21/h4-7,9-12,17H,3,8,13-16,18H2,1-2H3,(H,28,31). The van der Waals surface area contributed by atoms with Crippen LogP contribution in [0.25, 0.3) is 11.5 Å². The van der Waals surface area contributed by atoms with Gasteiger partial charge in [-0.15, -0.1) is 0 Å². The van der Waals surface area contributed by atoms with Crippen LogP contribution >= 0.6 is 0 Å². The smallest absolute Gasteiger partial charge is 0.407 e. The largest absolute Gasteiger partial charge is 0.476 e. The van der Waals surface area contributed by atoms with Gasteiger partial charge in [0.1, 0.15) is 11.5 Å². The first-order chi connectivity index (χ1) is 17.0. The van der Waals surface area contributed by atoms with E-state index in [4.69, 9.17) is 18.6 Å². The summed E-state index contributed by atoms with van der Waals surface area (Å²) in [7, 11) is 0. The number of rotatable bonds is 10. The first-order valence-corrected chi connectivity index (χ1v) is 11.9. The molecule has 0 radical (unpaired) electrons. The van der Waals surface area contributed by atoms with Gasteiger partial charge in [-0.1, -0.05) is 30.3 Å². The van der Waals surface area contributed by atoms with Crippen molar-refractivity contribution in [2.24, 2.45) is 0 Å². The number of nitrogens with one attached hydrogen (secondary N) is 1. The molecule has 4 rings (SSSR count). The predicted molar refractivity (Wildman–Crippen MR) is 129 cm³/mol. The molecule has 1 saturated carbocycles. The van der Waals surface area contributed by atoms with Crippen molar-refractivity contribution in [1.29, 1.82) is 0 Å². The van der Waals surface area contributed by atoms with Crippen LogP contribution < -0.4 is 10.1 Å². The molecule has 35 heavy (non-hydrogen) atoms. The van der Waals surface area contributed by atoms with E-state index in [-0.39, 0.29) is 19.1 Å². The Hall–Kier alpha value is -3.81. The third kappa shape index (κ3) is 6.01. The number of esters is 1. The Morgan fingerprint density at radius 3 is 2.60 bits per heavy atom. The van der Waals surface area contributed by atoms with Gasteiger partial charge >= 0.3 is 12.1 Å². The number of amides is 1. The van der Waals surface area contributed by atoms with E-state index in [0.717, 1.165) is 23.2 Å². The molecule has 8 nitrogen and oxygen atoms in total. The number of hydrogen-bond donors (Lipinski definition) is 1. The van der Waals surface area contributed by atoms with Gasteiger partial charge in [0, 0.05) is 18.5 Å². The molecule has 1 aliphatic rings. The van der Waals surface area contributed by atoms with Gasteiger partial charge in [0.15, 0.2) is 0 Å². The van der Waals surface area contributed by atoms with Crippen molar-refractivity contribution in [3.63, 3.8) is 0 Å². The fraction of sp³-hybridized carbons (Fsp3) is 0.370. The Morgan fingerprint density at radius 2 is 1.89 bits per heavy atom. The van der Waals surface area contributed by atoms with Crippen LogP contribution in [0.15, 0.2) is 59.0 Å². The molecule has 1 amide bonds. The molecule has 1 fully saturated rings. The minimum atomic E-state index is -0.902. The number of aryl methyl sites for hydroxylation is 1. The highest BCUT2D eigenvalue weighted by molar-refractivity contribution is 5.81. The lowest BCUT2D eigenvalue weighted by atomic mass is 9.80. The average molecular weight is 479 g/mol. The van der Waals surface area contributed by atoms with Crippen LogP contribution in [-0.4, -0.2) is 35.9 Å². The number of carbonyl (C=O) groups is 2. The molecule has 0 aliphatic heterocycles. The van der Waals surface area contributed by atoms with Crippen molar-refractivity contribution in [1.82, 2.24) is 10.3 Å². The molecule has 1 N–H and O–H groups in total. The molecule has 2 aromatic carbocycles. The number of alkyl carbamates (subject to hydrolysis) is 1. The Morgan fingerprint density at radius 1 is 1.09 bits per heavy atom. The third-order valence-corrected chi connectivity index (χ3v) is 5.94. The minimum absolute atomic E-state index is 0.179. The highest BCUT2D eigenvalue weighted by Crippen LogP contribution is 2.38. The molecular weight excluding hydrogens is 448 g/mol. The lowest BCUT2D eigenvalue weighted by molar-refractivity contribution is -0.169. The van der Waals surface area contributed by atoms with Crippen molar-refractivity contribution < 1.29 is 28.2 Å². The molecule has 0 unspecified atom stereocenters. The summed E-state index contributed by atoms with van der Waals surface area (Å²) in [6.07, 6.45) is 2.13. The normalized spacial score (nSPS) is 14.0. The van der Waals surface area contributed by atoms with Crippen LogP contribution in [0, 0.1) is 6.92 Å². The maximum Gasteiger partial charge on any atom is 0.407 e. The van der Waals surface area contributed by atoms with Crippen LogP contribution in [0.2, 0.25) is 0 Å². The summed E-state index contributed by atoms with van der Waals surface area (Å²) in [5.74, 6) is 1.51. The van der Waals surface area contributed by atoms with Crippen LogP contribution in [-0.2, 0) is 27.2 Å². The van der Waals surface area contributed by atoms with Gasteiger partial charge in [-0.05, 0) is 62.9 Å². The number of aromatic nitrogens is 1. The molecular formula is C27H30N2O6. The van der Waals surface area contributed by atoms with Gasteiger partial charge in [0.25, 0.3) is 0 Å². The van der Waals surface area contributed by atoms with Gasteiger partial charge in [-0.2, -0.15) is 0 Å². The zero-order valence-electron chi connectivity index (χ0n) is 20.0. The molecule has 0 spiro atoms. The number of ether oxygens (including phenoxy) is 3. The van der Waals surface area contributed by atoms with Crippen LogP contribution in [0.5, 0.6) is 5.75 Å². The Bertz CT molecular complexity index is 1150. The summed E-state index contributed by atoms with van der Waals surface area (Å²) in [6.45, 7) is 4.40. The van der Waals surface area contributed by atoms with Gasteiger partial charge in [0.2, 0.25) is 11.5 Å². The highest BCUT2D eigenvalue weighted by atomic mass is 16.6. The second-order valence-electron chi connectivity index (χ2n) is 8.45. The molecule has 1 aliphatic carbocycles. The first kappa shape index (κ1) is 24.3. The van der Waals surface area contributed by atoms with E-state index in [1.165, 1.54) is 0 Å². The minimum Gasteiger partial charge on any atom is -0.476 e. The van der Waals surface area contributed by atoms with Crippen molar-refractivity contribution in [2.75, 3.05) is 13.2 Å². The fourth-order valence-electron chi connectivity index (χ4n) is 3.88. The summed E-state index contributed by atoms with van der Waals surface area (Å²) in [5.41, 5.74) is 1.59. The molecule has 184 valence electrons. The van der Waals surface area contributed by atoms with Crippen molar-refractivity contribution in [3.8, 4) is 17.2 Å². The number of hydrogen-bond acceptors (Lipinski definition) is 7. The molecule has 8 heteroatoms. The van der Waals surface area contributed by atoms with Crippen molar-refractivity contribution in [2.45, 2.75) is 51.7 Å². The van der Waals surface area contributed by atoms with Gasteiger partial charge in [0.05, 0.1) is 18.9 Å². The second-order valence-corrected chi connectivity index (χ2v) is 8.45. The van der Waals surface area contributed by atoms with Gasteiger partial charge in [-0.3, -0.25) is 0 Å². The van der Waals surface area contributed by atoms with Crippen LogP contribution in [0.4, 0.5) is 4.79 Å². The monoisotopic (exact) mass is 478 g/mol. The summed E-state index contributed by atoms with van der Waals surface area (Å²) in [4.78, 5) is 29.0. The molecule has 1 heterocycles. The quantitative estimate of drug-likeness (QED) is 0.410. The van der Waals surface area contributed by atoms with Gasteiger partial charge < -0.3 is 23.9 Å². The number of oxazole rings is 1. The predicted octanol–water partition coefficient (Wildman–Crippen LogP) is 4.98. The zero-order chi connectivity index (χ0) is 24.7. The van der Waals surface area contributed by atoms with E-state index in [2.05, 4.69) is 10.3 Å². The molecule has 0 bridgehead atoms. The first-order valence-electron chi connectivity index (χ1n) is 11.9. The van der Waals surface area contributed by atoms with E-state index in [0.29, 0.717) is 43.3 Å². The van der Waals surface area contributed by atoms with E-state index >= 15 is 0 Å². The SMILES string of the molecule is CCOC(=O)C1(Oc2cccc(CNC(=O)OCCc3nc(-c4ccccc4)oc3C)c2)CCC1. The summed E-state index contributed by atoms with van der Waals surface area (Å²) < 4.78 is 22.3. The lowest BCUT2D eigenvalue weighted by Crippen LogP contribution is -2.51. The van der Waals surface area contributed by atoms with Crippen LogP contribution in [0.3, 0.4) is 0 Å². The second kappa shape index (κ2) is 11.1. The number of nitrogens with zero attached hydrogens (tertiary/aromatic N) is 1. The van der Waals surface area contributed by atoms with Crippen LogP contribution in [0.1, 0.15) is 43.2 Å². The van der Waals surface area contributed by atoms with E-state index < -0.39 is 11.7 Å². The summed E-state index contributed by atoms with van der Waals surface area (Å²) in [5, 5.41) is 2.74. The molecule has 1 aromatic heterocycles. The van der Waals surface area contributed by atoms with E-state index in [1.54, 1.807) is 13.0 Å². The Labute approximate surface area is 204 Å². The maximum atomic E-state index is 12.3. The highest BCUT2D eigenvalue weighted by Gasteiger charge is 2.48. The third-order valence-electron chi connectivity index (χ3n) is 5.94. The molecule has 0 atom stereocenters. The van der Waals surface area contributed by atoms with E-state index in [1.807, 2.05) is 55.5 Å². The molecule has 3 aromatic rings. The Kier molecular flexibility index (Phi) is 7.70. The van der Waals surface area contributed by atoms with Crippen molar-refractivity contribution in [3.05, 3.63) is 71.6 Å². The maximum absolute atomic E-state index is 12.3. The number of carbonyl (C=O) groups excluding carboxylic acids is 2. The van der Waals surface area contributed by atoms with Gasteiger partial charge in [-0.25, -0.2) is 14.6 Å². The fourth-order valence-corrected chi connectivity index (χ4v) is 3.88.